The van der Waals surface area contributed by atoms with Crippen LogP contribution in [0.1, 0.15) is 12.1 Å². The largest absolute Gasteiger partial charge is 0.344 e. The molecule has 4 aromatic rings. The number of aryl methyl sites for hydroxylation is 1. The van der Waals surface area contributed by atoms with Gasteiger partial charge in [-0.15, -0.1) is 0 Å². The summed E-state index contributed by atoms with van der Waals surface area (Å²) in [6.07, 6.45) is 2.85. The van der Waals surface area contributed by atoms with Gasteiger partial charge in [-0.2, -0.15) is 5.10 Å². The van der Waals surface area contributed by atoms with Crippen LogP contribution in [0.3, 0.4) is 0 Å². The van der Waals surface area contributed by atoms with Crippen molar-refractivity contribution < 1.29 is 4.79 Å². The SMILES string of the molecule is CN(CCCc1cc(-c2ccccc2)n[nH]1)C(=O)Cn1c(=O)cnc2ccccc21. The third-order valence-electron chi connectivity index (χ3n) is 5.11. The summed E-state index contributed by atoms with van der Waals surface area (Å²) in [6, 6.07) is 19.4. The molecule has 0 bridgehead atoms. The summed E-state index contributed by atoms with van der Waals surface area (Å²) in [7, 11) is 1.76. The van der Waals surface area contributed by atoms with Crippen molar-refractivity contribution in [2.24, 2.45) is 0 Å². The van der Waals surface area contributed by atoms with E-state index in [1.165, 1.54) is 10.8 Å². The highest BCUT2D eigenvalue weighted by Crippen LogP contribution is 2.17. The average Bonchev–Trinajstić information content (AvgIpc) is 3.25. The number of hydrogen-bond donors (Lipinski definition) is 1. The quantitative estimate of drug-likeness (QED) is 0.516. The number of aromatic amines is 1. The number of nitrogens with one attached hydrogen (secondary N) is 1. The molecule has 0 aliphatic carbocycles. The minimum atomic E-state index is -0.277. The molecule has 0 saturated carbocycles. The fraction of sp³-hybridized carbons (Fsp3) is 0.217. The zero-order valence-electron chi connectivity index (χ0n) is 16.8. The van der Waals surface area contributed by atoms with Crippen molar-refractivity contribution in [2.45, 2.75) is 19.4 Å². The topological polar surface area (TPSA) is 83.9 Å². The highest BCUT2D eigenvalue weighted by molar-refractivity contribution is 5.79. The number of likely N-dealkylation sites (N-methyl/N-ethyl adjacent to an activating group) is 1. The van der Waals surface area contributed by atoms with Gasteiger partial charge in [-0.1, -0.05) is 42.5 Å². The number of carbonyl (C=O) groups excluding carboxylic acids is 1. The van der Waals surface area contributed by atoms with Crippen LogP contribution in [0.2, 0.25) is 0 Å². The molecule has 7 nitrogen and oxygen atoms in total. The number of fused-ring (bicyclic) bond motifs is 1. The molecule has 30 heavy (non-hydrogen) atoms. The minimum absolute atomic E-state index is 0.000575. The van der Waals surface area contributed by atoms with Gasteiger partial charge in [-0.3, -0.25) is 19.3 Å². The molecule has 0 aliphatic rings. The normalized spacial score (nSPS) is 11.0. The van der Waals surface area contributed by atoms with Crippen molar-refractivity contribution in [1.29, 1.82) is 0 Å². The molecule has 1 N–H and O–H groups in total. The zero-order chi connectivity index (χ0) is 20.9. The lowest BCUT2D eigenvalue weighted by atomic mass is 10.1. The Morgan fingerprint density at radius 3 is 2.70 bits per heavy atom. The van der Waals surface area contributed by atoms with Crippen molar-refractivity contribution >= 4 is 16.9 Å². The molecular formula is C23H23N5O2. The van der Waals surface area contributed by atoms with Gasteiger partial charge in [0, 0.05) is 24.8 Å². The van der Waals surface area contributed by atoms with Crippen LogP contribution in [0.4, 0.5) is 0 Å². The van der Waals surface area contributed by atoms with E-state index in [-0.39, 0.29) is 18.0 Å². The lowest BCUT2D eigenvalue weighted by molar-refractivity contribution is -0.130. The Balaban J connectivity index is 1.34. The van der Waals surface area contributed by atoms with E-state index < -0.39 is 0 Å². The second kappa shape index (κ2) is 8.73. The number of hydrogen-bond acceptors (Lipinski definition) is 4. The van der Waals surface area contributed by atoms with Crippen LogP contribution in [0.15, 0.2) is 71.7 Å². The summed E-state index contributed by atoms with van der Waals surface area (Å²) in [5, 5.41) is 7.43. The summed E-state index contributed by atoms with van der Waals surface area (Å²) in [4.78, 5) is 30.7. The molecule has 2 aromatic carbocycles. The van der Waals surface area contributed by atoms with Gasteiger partial charge in [-0.05, 0) is 31.0 Å². The Bertz CT molecular complexity index is 1210. The fourth-order valence-electron chi connectivity index (χ4n) is 3.41. The zero-order valence-corrected chi connectivity index (χ0v) is 16.8. The maximum absolute atomic E-state index is 12.7. The molecule has 152 valence electrons. The number of benzene rings is 2. The average molecular weight is 401 g/mol. The van der Waals surface area contributed by atoms with Crippen LogP contribution in [-0.2, 0) is 17.8 Å². The fourth-order valence-corrected chi connectivity index (χ4v) is 3.41. The second-order valence-corrected chi connectivity index (χ2v) is 7.23. The smallest absolute Gasteiger partial charge is 0.269 e. The Kier molecular flexibility index (Phi) is 5.70. The summed E-state index contributed by atoms with van der Waals surface area (Å²) >= 11 is 0. The first-order chi connectivity index (χ1) is 14.6. The van der Waals surface area contributed by atoms with E-state index >= 15 is 0 Å². The van der Waals surface area contributed by atoms with Crippen molar-refractivity contribution in [3.8, 4) is 11.3 Å². The Labute approximate surface area is 174 Å². The maximum Gasteiger partial charge on any atom is 0.269 e. The standard InChI is InChI=1S/C23H23N5O2/c1-27(13-7-10-18-14-20(26-25-18)17-8-3-2-4-9-17)23(30)16-28-21-12-6-5-11-19(21)24-15-22(28)29/h2-6,8-9,11-12,14-15H,7,10,13,16H2,1H3,(H,25,26). The van der Waals surface area contributed by atoms with E-state index in [0.29, 0.717) is 17.6 Å². The summed E-state index contributed by atoms with van der Waals surface area (Å²) in [6.45, 7) is 0.594. The molecule has 0 radical (unpaired) electrons. The van der Waals surface area contributed by atoms with E-state index in [9.17, 15) is 9.59 Å². The molecule has 7 heteroatoms. The Morgan fingerprint density at radius 2 is 1.87 bits per heavy atom. The Hall–Kier alpha value is -3.74. The molecule has 0 atom stereocenters. The number of H-pyrrole nitrogens is 1. The minimum Gasteiger partial charge on any atom is -0.344 e. The molecule has 0 unspecified atom stereocenters. The van der Waals surface area contributed by atoms with Crippen molar-refractivity contribution in [2.75, 3.05) is 13.6 Å². The highest BCUT2D eigenvalue weighted by atomic mass is 16.2. The predicted molar refractivity (Wildman–Crippen MR) is 116 cm³/mol. The van der Waals surface area contributed by atoms with Crippen molar-refractivity contribution in [1.82, 2.24) is 24.6 Å². The van der Waals surface area contributed by atoms with Gasteiger partial charge in [0.05, 0.1) is 22.9 Å². The first kappa shape index (κ1) is 19.6. The van der Waals surface area contributed by atoms with E-state index in [1.807, 2.05) is 54.6 Å². The molecular weight excluding hydrogens is 378 g/mol. The number of nitrogens with zero attached hydrogens (tertiary/aromatic N) is 4. The van der Waals surface area contributed by atoms with E-state index in [1.54, 1.807) is 18.0 Å². The first-order valence-corrected chi connectivity index (χ1v) is 9.90. The van der Waals surface area contributed by atoms with Crippen LogP contribution in [-0.4, -0.2) is 44.1 Å². The molecule has 1 amide bonds. The molecule has 0 spiro atoms. The molecule has 2 heterocycles. The molecule has 4 rings (SSSR count). The van der Waals surface area contributed by atoms with Crippen LogP contribution in [0.25, 0.3) is 22.3 Å². The summed E-state index contributed by atoms with van der Waals surface area (Å²) in [5.74, 6) is -0.108. The van der Waals surface area contributed by atoms with Gasteiger partial charge in [0.2, 0.25) is 5.91 Å². The number of aromatic nitrogens is 4. The monoisotopic (exact) mass is 401 g/mol. The number of amides is 1. The summed E-state index contributed by atoms with van der Waals surface area (Å²) in [5.41, 5.74) is 4.10. The molecule has 2 aromatic heterocycles. The van der Waals surface area contributed by atoms with Crippen LogP contribution in [0.5, 0.6) is 0 Å². The lowest BCUT2D eigenvalue weighted by Gasteiger charge is -2.18. The van der Waals surface area contributed by atoms with Gasteiger partial charge >= 0.3 is 0 Å². The molecule has 0 saturated heterocycles. The predicted octanol–water partition coefficient (Wildman–Crippen LogP) is 2.88. The third-order valence-corrected chi connectivity index (χ3v) is 5.11. The highest BCUT2D eigenvalue weighted by Gasteiger charge is 2.13. The maximum atomic E-state index is 12.7. The van der Waals surface area contributed by atoms with E-state index in [2.05, 4.69) is 15.2 Å². The van der Waals surface area contributed by atoms with Gasteiger partial charge < -0.3 is 4.90 Å². The van der Waals surface area contributed by atoms with Crippen molar-refractivity contribution in [3.63, 3.8) is 0 Å². The second-order valence-electron chi connectivity index (χ2n) is 7.23. The van der Waals surface area contributed by atoms with E-state index in [0.717, 1.165) is 29.8 Å². The third kappa shape index (κ3) is 4.30. The van der Waals surface area contributed by atoms with Crippen LogP contribution in [0, 0.1) is 0 Å². The lowest BCUT2D eigenvalue weighted by Crippen LogP contribution is -2.34. The summed E-state index contributed by atoms with van der Waals surface area (Å²) < 4.78 is 1.47. The Morgan fingerprint density at radius 1 is 1.10 bits per heavy atom. The van der Waals surface area contributed by atoms with Gasteiger partial charge in [0.25, 0.3) is 5.56 Å². The van der Waals surface area contributed by atoms with Crippen LogP contribution >= 0.6 is 0 Å². The van der Waals surface area contributed by atoms with Gasteiger partial charge in [0.15, 0.2) is 0 Å². The first-order valence-electron chi connectivity index (χ1n) is 9.90. The molecule has 0 fully saturated rings. The number of rotatable bonds is 7. The van der Waals surface area contributed by atoms with E-state index in [4.69, 9.17) is 0 Å². The molecule has 0 aliphatic heterocycles. The van der Waals surface area contributed by atoms with Crippen LogP contribution < -0.4 is 5.56 Å². The number of carbonyl (C=O) groups is 1. The van der Waals surface area contributed by atoms with Crippen molar-refractivity contribution in [3.05, 3.63) is 82.9 Å². The van der Waals surface area contributed by atoms with Gasteiger partial charge in [-0.25, -0.2) is 4.98 Å². The van der Waals surface area contributed by atoms with Gasteiger partial charge in [0.1, 0.15) is 6.54 Å². The number of para-hydroxylation sites is 2.